The van der Waals surface area contributed by atoms with E-state index in [1.54, 1.807) is 26.6 Å². The van der Waals surface area contributed by atoms with Gasteiger partial charge in [0.2, 0.25) is 11.8 Å². The molecule has 1 aromatic heterocycles. The van der Waals surface area contributed by atoms with Gasteiger partial charge in [-0.1, -0.05) is 30.3 Å². The summed E-state index contributed by atoms with van der Waals surface area (Å²) in [4.78, 5) is 29.6. The van der Waals surface area contributed by atoms with Crippen molar-refractivity contribution in [3.63, 3.8) is 0 Å². The van der Waals surface area contributed by atoms with Crippen molar-refractivity contribution < 1.29 is 19.1 Å². The molecular weight excluding hydrogens is 454 g/mol. The van der Waals surface area contributed by atoms with E-state index >= 15 is 0 Å². The van der Waals surface area contributed by atoms with Crippen LogP contribution in [0.15, 0.2) is 67.0 Å². The van der Waals surface area contributed by atoms with Gasteiger partial charge in [0.15, 0.2) is 11.5 Å². The molecule has 1 aliphatic heterocycles. The first-order chi connectivity index (χ1) is 17.4. The zero-order valence-corrected chi connectivity index (χ0v) is 21.0. The summed E-state index contributed by atoms with van der Waals surface area (Å²) in [5.74, 6) is 1.26. The molecule has 1 saturated heterocycles. The highest BCUT2D eigenvalue weighted by Gasteiger charge is 2.38. The smallest absolute Gasteiger partial charge is 0.220 e. The van der Waals surface area contributed by atoms with Gasteiger partial charge in [-0.2, -0.15) is 0 Å². The molecule has 2 heterocycles. The largest absolute Gasteiger partial charge is 0.493 e. The van der Waals surface area contributed by atoms with Crippen LogP contribution in [0.3, 0.4) is 0 Å². The molecular formula is C29H33N3O4. The van der Waals surface area contributed by atoms with Gasteiger partial charge in [0.05, 0.1) is 20.3 Å². The highest BCUT2D eigenvalue weighted by atomic mass is 16.5. The molecule has 2 atom stereocenters. The standard InChI is InChI=1S/C29H33N3O4/c1-20-6-4-5-7-23(20)28(22-12-16-30-17-13-22)31-26(33)10-14-29(15-11-27(34)32-29)19-21-8-9-24(35-2)25(18-21)36-3/h4-9,12-13,16-18,28H,10-11,14-15,19H2,1-3H3,(H,31,33)(H,32,34). The summed E-state index contributed by atoms with van der Waals surface area (Å²) in [5.41, 5.74) is 3.66. The van der Waals surface area contributed by atoms with Crippen LogP contribution in [-0.2, 0) is 16.0 Å². The zero-order chi connectivity index (χ0) is 25.5. The van der Waals surface area contributed by atoms with Crippen LogP contribution in [0.25, 0.3) is 0 Å². The summed E-state index contributed by atoms with van der Waals surface area (Å²) in [6.45, 7) is 2.04. The number of amides is 2. The van der Waals surface area contributed by atoms with Crippen LogP contribution in [0.2, 0.25) is 0 Å². The Morgan fingerprint density at radius 3 is 2.50 bits per heavy atom. The number of rotatable bonds is 10. The maximum Gasteiger partial charge on any atom is 0.220 e. The second-order valence-electron chi connectivity index (χ2n) is 9.33. The Morgan fingerprint density at radius 1 is 1.08 bits per heavy atom. The molecule has 2 aromatic carbocycles. The molecule has 1 aliphatic rings. The number of carbonyl (C=O) groups is 2. The normalized spacial score (nSPS) is 17.8. The molecule has 0 bridgehead atoms. The number of hydrogen-bond donors (Lipinski definition) is 2. The molecule has 7 nitrogen and oxygen atoms in total. The number of hydrogen-bond acceptors (Lipinski definition) is 5. The molecule has 2 amide bonds. The lowest BCUT2D eigenvalue weighted by atomic mass is 9.84. The van der Waals surface area contributed by atoms with Crippen molar-refractivity contribution in [1.82, 2.24) is 15.6 Å². The summed E-state index contributed by atoms with van der Waals surface area (Å²) in [5, 5.41) is 6.39. The minimum atomic E-state index is -0.483. The number of aromatic nitrogens is 1. The van der Waals surface area contributed by atoms with E-state index in [0.717, 1.165) is 22.3 Å². The Balaban J connectivity index is 1.50. The molecule has 0 spiro atoms. The molecule has 188 valence electrons. The van der Waals surface area contributed by atoms with Crippen LogP contribution >= 0.6 is 0 Å². The van der Waals surface area contributed by atoms with Gasteiger partial charge in [0.25, 0.3) is 0 Å². The lowest BCUT2D eigenvalue weighted by molar-refractivity contribution is -0.123. The summed E-state index contributed by atoms with van der Waals surface area (Å²) in [7, 11) is 3.21. The Kier molecular flexibility index (Phi) is 7.88. The second kappa shape index (κ2) is 11.2. The topological polar surface area (TPSA) is 89.5 Å². The van der Waals surface area contributed by atoms with Gasteiger partial charge in [-0.15, -0.1) is 0 Å². The lowest BCUT2D eigenvalue weighted by Crippen LogP contribution is -2.44. The Labute approximate surface area is 212 Å². The molecule has 0 saturated carbocycles. The predicted octanol–water partition coefficient (Wildman–Crippen LogP) is 4.28. The van der Waals surface area contributed by atoms with Crippen LogP contribution in [0, 0.1) is 6.92 Å². The van der Waals surface area contributed by atoms with Crippen molar-refractivity contribution >= 4 is 11.8 Å². The van der Waals surface area contributed by atoms with Crippen molar-refractivity contribution in [3.8, 4) is 11.5 Å². The van der Waals surface area contributed by atoms with E-state index in [2.05, 4.69) is 15.6 Å². The van der Waals surface area contributed by atoms with Gasteiger partial charge < -0.3 is 20.1 Å². The van der Waals surface area contributed by atoms with Crippen LogP contribution in [0.5, 0.6) is 11.5 Å². The molecule has 0 radical (unpaired) electrons. The predicted molar refractivity (Wildman–Crippen MR) is 138 cm³/mol. The second-order valence-corrected chi connectivity index (χ2v) is 9.33. The van der Waals surface area contributed by atoms with Gasteiger partial charge in [0, 0.05) is 30.8 Å². The average Bonchev–Trinajstić information content (AvgIpc) is 3.27. The number of benzene rings is 2. The molecule has 3 aromatic rings. The number of nitrogens with one attached hydrogen (secondary N) is 2. The van der Waals surface area contributed by atoms with Crippen LogP contribution < -0.4 is 20.1 Å². The maximum atomic E-state index is 13.3. The summed E-state index contributed by atoms with van der Waals surface area (Å²) in [6, 6.07) is 17.4. The van der Waals surface area contributed by atoms with Crippen molar-refractivity contribution in [2.24, 2.45) is 0 Å². The molecule has 1 fully saturated rings. The highest BCUT2D eigenvalue weighted by Crippen LogP contribution is 2.34. The van der Waals surface area contributed by atoms with Gasteiger partial charge in [-0.25, -0.2) is 0 Å². The van der Waals surface area contributed by atoms with Gasteiger partial charge in [0.1, 0.15) is 0 Å². The number of methoxy groups -OCH3 is 2. The van der Waals surface area contributed by atoms with Crippen LogP contribution in [-0.4, -0.2) is 36.6 Å². The SMILES string of the molecule is COc1ccc(CC2(CCC(=O)NC(c3ccncc3)c3ccccc3C)CCC(=O)N2)cc1OC. The van der Waals surface area contributed by atoms with Crippen molar-refractivity contribution in [2.45, 2.75) is 50.6 Å². The molecule has 2 unspecified atom stereocenters. The van der Waals surface area contributed by atoms with Crippen LogP contribution in [0.4, 0.5) is 0 Å². The molecule has 2 N–H and O–H groups in total. The van der Waals surface area contributed by atoms with Crippen molar-refractivity contribution in [3.05, 3.63) is 89.2 Å². The van der Waals surface area contributed by atoms with Gasteiger partial charge in [-0.3, -0.25) is 14.6 Å². The first kappa shape index (κ1) is 25.2. The van der Waals surface area contributed by atoms with Crippen molar-refractivity contribution in [2.75, 3.05) is 14.2 Å². The Hall–Kier alpha value is -3.87. The third kappa shape index (κ3) is 5.85. The van der Waals surface area contributed by atoms with E-state index in [-0.39, 0.29) is 17.9 Å². The fourth-order valence-electron chi connectivity index (χ4n) is 4.96. The summed E-state index contributed by atoms with van der Waals surface area (Å²) in [6.07, 6.45) is 6.05. The fraction of sp³-hybridized carbons (Fsp3) is 0.345. The highest BCUT2D eigenvalue weighted by molar-refractivity contribution is 5.80. The zero-order valence-electron chi connectivity index (χ0n) is 21.0. The van der Waals surface area contributed by atoms with E-state index in [9.17, 15) is 9.59 Å². The Bertz CT molecular complexity index is 1210. The molecule has 4 rings (SSSR count). The van der Waals surface area contributed by atoms with Gasteiger partial charge in [-0.05, 0) is 72.7 Å². The monoisotopic (exact) mass is 487 g/mol. The fourth-order valence-corrected chi connectivity index (χ4v) is 4.96. The van der Waals surface area contributed by atoms with Crippen molar-refractivity contribution in [1.29, 1.82) is 0 Å². The molecule has 36 heavy (non-hydrogen) atoms. The summed E-state index contributed by atoms with van der Waals surface area (Å²) < 4.78 is 10.8. The molecule has 0 aliphatic carbocycles. The minimum Gasteiger partial charge on any atom is -0.493 e. The number of aryl methyl sites for hydroxylation is 1. The van der Waals surface area contributed by atoms with Crippen LogP contribution in [0.1, 0.15) is 54.0 Å². The average molecular weight is 488 g/mol. The third-order valence-electron chi connectivity index (χ3n) is 6.90. The van der Waals surface area contributed by atoms with E-state index in [1.165, 1.54) is 0 Å². The van der Waals surface area contributed by atoms with E-state index in [4.69, 9.17) is 9.47 Å². The number of carbonyl (C=O) groups excluding carboxylic acids is 2. The van der Waals surface area contributed by atoms with E-state index in [0.29, 0.717) is 43.6 Å². The number of nitrogens with zero attached hydrogens (tertiary/aromatic N) is 1. The van der Waals surface area contributed by atoms with E-state index < -0.39 is 5.54 Å². The van der Waals surface area contributed by atoms with Gasteiger partial charge >= 0.3 is 0 Å². The number of ether oxygens (including phenoxy) is 2. The third-order valence-corrected chi connectivity index (χ3v) is 6.90. The number of pyridine rings is 1. The quantitative estimate of drug-likeness (QED) is 0.446. The first-order valence-corrected chi connectivity index (χ1v) is 12.2. The maximum absolute atomic E-state index is 13.3. The minimum absolute atomic E-state index is 0.0189. The molecule has 7 heteroatoms. The summed E-state index contributed by atoms with van der Waals surface area (Å²) >= 11 is 0. The lowest BCUT2D eigenvalue weighted by Gasteiger charge is -2.30. The Morgan fingerprint density at radius 2 is 1.83 bits per heavy atom. The van der Waals surface area contributed by atoms with E-state index in [1.807, 2.05) is 61.5 Å². The first-order valence-electron chi connectivity index (χ1n) is 12.2.